The molecular formula is C21H27N7O2. The highest BCUT2D eigenvalue weighted by Gasteiger charge is 2.20. The van der Waals surface area contributed by atoms with E-state index in [0.717, 1.165) is 50.1 Å². The Kier molecular flexibility index (Phi) is 5.97. The zero-order valence-electron chi connectivity index (χ0n) is 17.2. The summed E-state index contributed by atoms with van der Waals surface area (Å²) in [7, 11) is 0. The molecule has 1 aliphatic rings. The molecule has 0 saturated carbocycles. The zero-order chi connectivity index (χ0) is 20.9. The number of fused-ring (bicyclic) bond motifs is 1. The van der Waals surface area contributed by atoms with Crippen molar-refractivity contribution in [2.24, 2.45) is 0 Å². The molecule has 3 heterocycles. The second-order valence-electron chi connectivity index (χ2n) is 7.55. The maximum absolute atomic E-state index is 11.9. The van der Waals surface area contributed by atoms with Crippen LogP contribution in [0.1, 0.15) is 30.4 Å². The summed E-state index contributed by atoms with van der Waals surface area (Å²) in [6, 6.07) is 8.02. The molecule has 1 aromatic carbocycles. The number of carbonyl (C=O) groups excluding carboxylic acids is 1. The highest BCUT2D eigenvalue weighted by atomic mass is 16.5. The highest BCUT2D eigenvalue weighted by molar-refractivity contribution is 5.83. The van der Waals surface area contributed by atoms with E-state index in [9.17, 15) is 4.79 Å². The van der Waals surface area contributed by atoms with Gasteiger partial charge in [0, 0.05) is 26.2 Å². The van der Waals surface area contributed by atoms with Gasteiger partial charge < -0.3 is 25.3 Å². The van der Waals surface area contributed by atoms with E-state index in [1.54, 1.807) is 6.33 Å². The maximum atomic E-state index is 11.9. The summed E-state index contributed by atoms with van der Waals surface area (Å²) < 4.78 is 7.25. The van der Waals surface area contributed by atoms with Crippen LogP contribution in [0.5, 0.6) is 0 Å². The van der Waals surface area contributed by atoms with Crippen molar-refractivity contribution < 1.29 is 9.53 Å². The molecule has 9 nitrogen and oxygen atoms in total. The molecular weight excluding hydrogens is 382 g/mol. The number of rotatable bonds is 8. The van der Waals surface area contributed by atoms with Gasteiger partial charge in [-0.15, -0.1) is 0 Å². The largest absolute Gasteiger partial charge is 0.450 e. The number of hydrogen-bond acceptors (Lipinski definition) is 7. The van der Waals surface area contributed by atoms with Crippen LogP contribution in [0, 0.1) is 6.92 Å². The fourth-order valence-electron chi connectivity index (χ4n) is 3.37. The van der Waals surface area contributed by atoms with Gasteiger partial charge in [0.1, 0.15) is 5.52 Å². The number of aryl methyl sites for hydroxylation is 2. The van der Waals surface area contributed by atoms with Crippen LogP contribution in [0.4, 0.5) is 16.6 Å². The summed E-state index contributed by atoms with van der Waals surface area (Å²) in [4.78, 5) is 27.3. The van der Waals surface area contributed by atoms with Gasteiger partial charge in [-0.1, -0.05) is 29.8 Å². The molecule has 0 spiro atoms. The predicted molar refractivity (Wildman–Crippen MR) is 115 cm³/mol. The van der Waals surface area contributed by atoms with Crippen molar-refractivity contribution in [1.29, 1.82) is 0 Å². The van der Waals surface area contributed by atoms with Crippen LogP contribution in [-0.2, 0) is 17.8 Å². The Labute approximate surface area is 175 Å². The molecule has 1 saturated heterocycles. The van der Waals surface area contributed by atoms with Crippen LogP contribution in [0.15, 0.2) is 30.6 Å². The quantitative estimate of drug-likeness (QED) is 0.550. The number of ether oxygens (including phenoxy) is 1. The molecule has 2 aromatic heterocycles. The summed E-state index contributed by atoms with van der Waals surface area (Å²) in [5.74, 6) is 1.08. The number of nitrogens with zero attached hydrogens (tertiary/aromatic N) is 5. The number of nitrogens with two attached hydrogens (primary N) is 1. The Balaban J connectivity index is 1.22. The first kappa shape index (κ1) is 19.9. The van der Waals surface area contributed by atoms with Crippen molar-refractivity contribution in [1.82, 2.24) is 24.8 Å². The van der Waals surface area contributed by atoms with Crippen LogP contribution >= 0.6 is 0 Å². The van der Waals surface area contributed by atoms with Crippen LogP contribution in [-0.4, -0.2) is 45.3 Å². The second kappa shape index (κ2) is 8.98. The van der Waals surface area contributed by atoms with Crippen LogP contribution in [0.3, 0.4) is 0 Å². The van der Waals surface area contributed by atoms with Crippen molar-refractivity contribution in [3.63, 3.8) is 0 Å². The Morgan fingerprint density at radius 3 is 2.90 bits per heavy atom. The molecule has 0 atom stereocenters. The van der Waals surface area contributed by atoms with Crippen molar-refractivity contribution in [3.8, 4) is 0 Å². The minimum absolute atomic E-state index is 0.364. The SMILES string of the molecule is Cc1cccc(CNC(=O)OCCCCn2cnc3c(N)nc(N4CCC4)nc32)c1. The number of benzene rings is 1. The fourth-order valence-corrected chi connectivity index (χ4v) is 3.37. The fraction of sp³-hybridized carbons (Fsp3) is 0.429. The Morgan fingerprint density at radius 2 is 2.13 bits per heavy atom. The van der Waals surface area contributed by atoms with Crippen molar-refractivity contribution in [3.05, 3.63) is 41.7 Å². The van der Waals surface area contributed by atoms with Crippen LogP contribution < -0.4 is 16.0 Å². The van der Waals surface area contributed by atoms with E-state index < -0.39 is 6.09 Å². The molecule has 0 unspecified atom stereocenters. The smallest absolute Gasteiger partial charge is 0.407 e. The second-order valence-corrected chi connectivity index (χ2v) is 7.55. The van der Waals surface area contributed by atoms with Crippen molar-refractivity contribution >= 4 is 29.0 Å². The molecule has 0 bridgehead atoms. The third-order valence-electron chi connectivity index (χ3n) is 5.16. The average molecular weight is 409 g/mol. The topological polar surface area (TPSA) is 111 Å². The van der Waals surface area contributed by atoms with Crippen molar-refractivity contribution in [2.45, 2.75) is 39.3 Å². The van der Waals surface area contributed by atoms with Gasteiger partial charge in [-0.3, -0.25) is 0 Å². The number of carbonyl (C=O) groups is 1. The molecule has 30 heavy (non-hydrogen) atoms. The first-order valence-electron chi connectivity index (χ1n) is 10.3. The normalized spacial score (nSPS) is 13.3. The summed E-state index contributed by atoms with van der Waals surface area (Å²) >= 11 is 0. The zero-order valence-corrected chi connectivity index (χ0v) is 17.2. The summed E-state index contributed by atoms with van der Waals surface area (Å²) in [6.45, 7) is 5.49. The molecule has 1 amide bonds. The molecule has 1 aliphatic heterocycles. The minimum Gasteiger partial charge on any atom is -0.450 e. The third-order valence-corrected chi connectivity index (χ3v) is 5.16. The van der Waals surface area contributed by atoms with E-state index in [-0.39, 0.29) is 0 Å². The number of amides is 1. The van der Waals surface area contributed by atoms with Crippen LogP contribution in [0.2, 0.25) is 0 Å². The lowest BCUT2D eigenvalue weighted by molar-refractivity contribution is 0.143. The Hall–Kier alpha value is -3.36. The molecule has 9 heteroatoms. The van der Waals surface area contributed by atoms with Gasteiger partial charge in [0.05, 0.1) is 12.9 Å². The number of nitrogens with one attached hydrogen (secondary N) is 1. The number of aromatic nitrogens is 4. The van der Waals surface area contributed by atoms with Gasteiger partial charge in [0.15, 0.2) is 11.5 Å². The van der Waals surface area contributed by atoms with Crippen molar-refractivity contribution in [2.75, 3.05) is 30.3 Å². The standard InChI is InChI=1S/C21H27N7O2/c1-15-6-4-7-16(12-15)13-23-21(29)30-11-3-2-8-28-14-24-17-18(22)25-20(26-19(17)28)27-9-5-10-27/h4,6-7,12,14H,2-3,5,8-11,13H2,1H3,(H,23,29)(H2,22,25,26). The van der Waals surface area contributed by atoms with Gasteiger partial charge >= 0.3 is 6.09 Å². The van der Waals surface area contributed by atoms with Gasteiger partial charge in [0.2, 0.25) is 5.95 Å². The number of alkyl carbamates (subject to hydrolysis) is 1. The van der Waals surface area contributed by atoms with E-state index in [1.165, 1.54) is 5.56 Å². The van der Waals surface area contributed by atoms with E-state index in [0.29, 0.717) is 30.4 Å². The minimum atomic E-state index is -0.399. The maximum Gasteiger partial charge on any atom is 0.407 e. The third kappa shape index (κ3) is 4.61. The molecule has 0 radical (unpaired) electrons. The Bertz CT molecular complexity index is 1030. The van der Waals surface area contributed by atoms with E-state index in [1.807, 2.05) is 35.8 Å². The molecule has 3 aromatic rings. The number of anilines is 2. The first-order chi connectivity index (χ1) is 14.6. The summed E-state index contributed by atoms with van der Waals surface area (Å²) in [5, 5.41) is 2.78. The Morgan fingerprint density at radius 1 is 1.27 bits per heavy atom. The number of imidazole rings is 1. The number of hydrogen-bond donors (Lipinski definition) is 2. The van der Waals surface area contributed by atoms with Gasteiger partial charge in [-0.2, -0.15) is 9.97 Å². The molecule has 0 aliphatic carbocycles. The molecule has 3 N–H and O–H groups in total. The monoisotopic (exact) mass is 409 g/mol. The van der Waals surface area contributed by atoms with Gasteiger partial charge in [0.25, 0.3) is 0 Å². The van der Waals surface area contributed by atoms with Gasteiger partial charge in [-0.05, 0) is 31.7 Å². The average Bonchev–Trinajstić information content (AvgIpc) is 3.08. The highest BCUT2D eigenvalue weighted by Crippen LogP contribution is 2.23. The van der Waals surface area contributed by atoms with E-state index in [4.69, 9.17) is 10.5 Å². The lowest BCUT2D eigenvalue weighted by atomic mass is 10.1. The number of nitrogen functional groups attached to an aromatic ring is 1. The van der Waals surface area contributed by atoms with Gasteiger partial charge in [-0.25, -0.2) is 9.78 Å². The summed E-state index contributed by atoms with van der Waals surface area (Å²) in [6.07, 6.45) is 4.07. The summed E-state index contributed by atoms with van der Waals surface area (Å²) in [5.41, 5.74) is 9.66. The predicted octanol–water partition coefficient (Wildman–Crippen LogP) is 2.63. The first-order valence-corrected chi connectivity index (χ1v) is 10.3. The van der Waals surface area contributed by atoms with E-state index >= 15 is 0 Å². The van der Waals surface area contributed by atoms with Crippen LogP contribution in [0.25, 0.3) is 11.2 Å². The van der Waals surface area contributed by atoms with E-state index in [2.05, 4.69) is 25.2 Å². The molecule has 4 rings (SSSR count). The molecule has 158 valence electrons. The lowest BCUT2D eigenvalue weighted by Crippen LogP contribution is -2.38. The lowest BCUT2D eigenvalue weighted by Gasteiger charge is -2.30. The molecule has 1 fully saturated rings. The number of unbranched alkanes of at least 4 members (excludes halogenated alkanes) is 1.